The van der Waals surface area contributed by atoms with E-state index in [0.29, 0.717) is 52.2 Å². The molecule has 0 saturated heterocycles. The summed E-state index contributed by atoms with van der Waals surface area (Å²) < 4.78 is 6.57. The van der Waals surface area contributed by atoms with Crippen LogP contribution in [0.4, 0.5) is 5.69 Å². The topological polar surface area (TPSA) is 95.0 Å². The number of nitrogens with zero attached hydrogens (tertiary/aromatic N) is 3. The van der Waals surface area contributed by atoms with Gasteiger partial charge in [-0.25, -0.2) is 0 Å². The van der Waals surface area contributed by atoms with Crippen LogP contribution in [0, 0.1) is 5.92 Å². The van der Waals surface area contributed by atoms with Gasteiger partial charge in [0, 0.05) is 43.5 Å². The summed E-state index contributed by atoms with van der Waals surface area (Å²) in [6.07, 6.45) is 2.75. The third kappa shape index (κ3) is 6.89. The first-order valence-electron chi connectivity index (χ1n) is 12.7. The van der Waals surface area contributed by atoms with Crippen LogP contribution in [0.5, 0.6) is 5.75 Å². The Morgan fingerprint density at radius 2 is 1.95 bits per heavy atom. The molecule has 2 heterocycles. The van der Waals surface area contributed by atoms with E-state index in [9.17, 15) is 14.7 Å². The summed E-state index contributed by atoms with van der Waals surface area (Å²) in [6, 6.07) is 13.5. The molecule has 0 fully saturated rings. The van der Waals surface area contributed by atoms with Crippen molar-refractivity contribution in [2.75, 3.05) is 32.1 Å². The van der Waals surface area contributed by atoms with E-state index in [1.807, 2.05) is 33.0 Å². The smallest absolute Gasteiger partial charge is 0.258 e. The molecule has 10 heteroatoms. The van der Waals surface area contributed by atoms with Crippen molar-refractivity contribution < 1.29 is 19.4 Å². The zero-order valence-electron chi connectivity index (χ0n) is 22.1. The number of likely N-dealkylation sites (N-methyl/N-ethyl adjacent to an activating group) is 1. The highest BCUT2D eigenvalue weighted by atomic mass is 35.5. The van der Waals surface area contributed by atoms with E-state index < -0.39 is 6.04 Å². The summed E-state index contributed by atoms with van der Waals surface area (Å²) in [6.45, 7) is 5.20. The van der Waals surface area contributed by atoms with Gasteiger partial charge in [0.1, 0.15) is 6.10 Å². The maximum Gasteiger partial charge on any atom is 0.258 e. The molecular weight excluding hydrogens is 539 g/mol. The Kier molecular flexibility index (Phi) is 9.45. The van der Waals surface area contributed by atoms with E-state index in [4.69, 9.17) is 27.9 Å². The number of ether oxygens (including phenoxy) is 1. The van der Waals surface area contributed by atoms with Crippen molar-refractivity contribution in [2.45, 2.75) is 32.5 Å². The molecule has 0 aliphatic carbocycles. The molecule has 1 aliphatic heterocycles. The Bertz CT molecular complexity index is 1320. The third-order valence-corrected chi connectivity index (χ3v) is 7.55. The molecule has 0 bridgehead atoms. The van der Waals surface area contributed by atoms with Gasteiger partial charge in [0.05, 0.1) is 33.9 Å². The van der Waals surface area contributed by atoms with E-state index in [1.54, 1.807) is 53.7 Å². The van der Waals surface area contributed by atoms with Crippen LogP contribution in [0.15, 0.2) is 60.9 Å². The fraction of sp³-hybridized carbons (Fsp3) is 0.345. The highest BCUT2D eigenvalue weighted by molar-refractivity contribution is 6.42. The molecule has 206 valence electrons. The number of benzene rings is 2. The molecule has 8 nitrogen and oxygen atoms in total. The number of halogens is 2. The molecule has 2 aromatic carbocycles. The van der Waals surface area contributed by atoms with Gasteiger partial charge in [-0.3, -0.25) is 19.5 Å². The minimum atomic E-state index is -0.393. The molecule has 2 N–H and O–H groups in total. The van der Waals surface area contributed by atoms with E-state index in [-0.39, 0.29) is 30.4 Å². The van der Waals surface area contributed by atoms with Gasteiger partial charge in [-0.15, -0.1) is 0 Å². The number of aliphatic hydroxyl groups excluding tert-OH is 1. The zero-order valence-corrected chi connectivity index (χ0v) is 23.6. The molecule has 0 spiro atoms. The van der Waals surface area contributed by atoms with Crippen LogP contribution in [0.3, 0.4) is 0 Å². The highest BCUT2D eigenvalue weighted by Gasteiger charge is 2.34. The number of anilines is 1. The second-order valence-electron chi connectivity index (χ2n) is 9.94. The number of nitrogens with one attached hydrogen (secondary N) is 1. The molecule has 4 rings (SSSR count). The lowest BCUT2D eigenvalue weighted by atomic mass is 9.98. The minimum Gasteiger partial charge on any atom is -0.486 e. The van der Waals surface area contributed by atoms with Gasteiger partial charge >= 0.3 is 0 Å². The second-order valence-corrected chi connectivity index (χ2v) is 10.8. The Morgan fingerprint density at radius 3 is 2.64 bits per heavy atom. The standard InChI is InChI=1S/C29H32Cl2N4O4/c1-18-14-35(19(2)17-36)29(38)22-5-4-6-25(33-28(37)21-9-11-32-12-10-21)27(22)39-26(18)16-34(3)15-20-7-8-23(30)24(31)13-20/h4-13,18-19,26,36H,14-17H2,1-3H3,(H,33,37)/t18-,19-,26-/m1/s1. The van der Waals surface area contributed by atoms with Gasteiger partial charge in [-0.2, -0.15) is 0 Å². The van der Waals surface area contributed by atoms with E-state index in [2.05, 4.69) is 15.2 Å². The lowest BCUT2D eigenvalue weighted by Gasteiger charge is -2.38. The lowest BCUT2D eigenvalue weighted by molar-refractivity contribution is 0.0343. The SMILES string of the molecule is C[C@@H]1CN([C@H](C)CO)C(=O)c2cccc(NC(=O)c3ccncc3)c2O[C@@H]1CN(C)Cc1ccc(Cl)c(Cl)c1. The minimum absolute atomic E-state index is 0.0867. The monoisotopic (exact) mass is 570 g/mol. The maximum absolute atomic E-state index is 13.7. The summed E-state index contributed by atoms with van der Waals surface area (Å²) in [5.41, 5.74) is 2.15. The summed E-state index contributed by atoms with van der Waals surface area (Å²) in [5, 5.41) is 13.8. The van der Waals surface area contributed by atoms with Crippen molar-refractivity contribution in [3.63, 3.8) is 0 Å². The lowest BCUT2D eigenvalue weighted by Crippen LogP contribution is -2.49. The van der Waals surface area contributed by atoms with Crippen LogP contribution in [0.1, 0.15) is 40.1 Å². The van der Waals surface area contributed by atoms with Crippen LogP contribution in [-0.2, 0) is 6.54 Å². The number of rotatable bonds is 8. The number of pyridine rings is 1. The van der Waals surface area contributed by atoms with E-state index >= 15 is 0 Å². The largest absolute Gasteiger partial charge is 0.486 e. The summed E-state index contributed by atoms with van der Waals surface area (Å²) in [5.74, 6) is -0.386. The first-order valence-corrected chi connectivity index (χ1v) is 13.5. The van der Waals surface area contributed by atoms with Crippen LogP contribution in [0.25, 0.3) is 0 Å². The van der Waals surface area contributed by atoms with Crippen LogP contribution in [-0.4, -0.2) is 70.6 Å². The van der Waals surface area contributed by atoms with Gasteiger partial charge in [0.2, 0.25) is 0 Å². The molecule has 0 radical (unpaired) electrons. The Labute approximate surface area is 238 Å². The van der Waals surface area contributed by atoms with Crippen LogP contribution < -0.4 is 10.1 Å². The fourth-order valence-electron chi connectivity index (χ4n) is 4.58. The molecular formula is C29H32Cl2N4O4. The number of aromatic nitrogens is 1. The average Bonchev–Trinajstić information content (AvgIpc) is 2.93. The van der Waals surface area contributed by atoms with Crippen molar-refractivity contribution in [3.8, 4) is 5.75 Å². The molecule has 39 heavy (non-hydrogen) atoms. The highest BCUT2D eigenvalue weighted by Crippen LogP contribution is 2.35. The number of fused-ring (bicyclic) bond motifs is 1. The fourth-order valence-corrected chi connectivity index (χ4v) is 4.90. The van der Waals surface area contributed by atoms with Gasteiger partial charge < -0.3 is 20.1 Å². The van der Waals surface area contributed by atoms with E-state index in [1.165, 1.54) is 0 Å². The number of aliphatic hydroxyl groups is 1. The first-order chi connectivity index (χ1) is 18.7. The number of hydrogen-bond acceptors (Lipinski definition) is 6. The Hall–Kier alpha value is -3.17. The molecule has 1 aliphatic rings. The summed E-state index contributed by atoms with van der Waals surface area (Å²) in [7, 11) is 1.98. The zero-order chi connectivity index (χ0) is 28.1. The van der Waals surface area contributed by atoms with Crippen LogP contribution in [0.2, 0.25) is 10.0 Å². The van der Waals surface area contributed by atoms with E-state index in [0.717, 1.165) is 5.56 Å². The normalized spacial score (nSPS) is 18.1. The van der Waals surface area contributed by atoms with Gasteiger partial charge in [0.25, 0.3) is 11.8 Å². The molecule has 0 saturated carbocycles. The third-order valence-electron chi connectivity index (χ3n) is 6.81. The van der Waals surface area contributed by atoms with Crippen molar-refractivity contribution >= 4 is 40.7 Å². The molecule has 3 aromatic rings. The second kappa shape index (κ2) is 12.8. The molecule has 1 aromatic heterocycles. The maximum atomic E-state index is 13.7. The first kappa shape index (κ1) is 28.8. The number of amides is 2. The number of carbonyl (C=O) groups is 2. The van der Waals surface area contributed by atoms with Gasteiger partial charge in [-0.1, -0.05) is 42.3 Å². The molecule has 0 unspecified atom stereocenters. The van der Waals surface area contributed by atoms with Crippen LogP contribution >= 0.6 is 23.2 Å². The van der Waals surface area contributed by atoms with Crippen molar-refractivity contribution in [1.82, 2.24) is 14.8 Å². The van der Waals surface area contributed by atoms with Crippen molar-refractivity contribution in [3.05, 3.63) is 87.7 Å². The summed E-state index contributed by atoms with van der Waals surface area (Å²) >= 11 is 12.3. The van der Waals surface area contributed by atoms with Gasteiger partial charge in [-0.05, 0) is 55.9 Å². The van der Waals surface area contributed by atoms with Gasteiger partial charge in [0.15, 0.2) is 5.75 Å². The predicted octanol–water partition coefficient (Wildman–Crippen LogP) is 4.99. The number of carbonyl (C=O) groups excluding carboxylic acids is 2. The Morgan fingerprint density at radius 1 is 1.21 bits per heavy atom. The Balaban J connectivity index is 1.66. The molecule has 3 atom stereocenters. The van der Waals surface area contributed by atoms with Crippen molar-refractivity contribution in [1.29, 1.82) is 0 Å². The van der Waals surface area contributed by atoms with Crippen molar-refractivity contribution in [2.24, 2.45) is 5.92 Å². The molecule has 2 amide bonds. The summed E-state index contributed by atoms with van der Waals surface area (Å²) in [4.78, 5) is 34.4. The number of para-hydroxylation sites is 1. The average molecular weight is 572 g/mol. The number of hydrogen-bond donors (Lipinski definition) is 2. The quantitative estimate of drug-likeness (QED) is 0.396. The predicted molar refractivity (Wildman–Crippen MR) is 153 cm³/mol.